The summed E-state index contributed by atoms with van der Waals surface area (Å²) in [6, 6.07) is 16.7. The molecule has 0 bridgehead atoms. The molecule has 39 heavy (non-hydrogen) atoms. The number of benzene rings is 2. The molecule has 2 aromatic heterocycles. The SMILES string of the molecule is CCOc1ccc([C@@H]2C(C(=O)OC(C)C)=C(C)N=c3s/c(=C/c4cn(CC#N)c5ccccc45)c(=O)n32)cc1. The summed E-state index contributed by atoms with van der Waals surface area (Å²) in [6.07, 6.45) is 3.39. The van der Waals surface area contributed by atoms with E-state index in [-0.39, 0.29) is 18.2 Å². The molecule has 0 radical (unpaired) electrons. The molecule has 0 aliphatic carbocycles. The van der Waals surface area contributed by atoms with Crippen molar-refractivity contribution in [3.63, 3.8) is 0 Å². The molecule has 0 N–H and O–H groups in total. The maximum atomic E-state index is 14.0. The van der Waals surface area contributed by atoms with Crippen LogP contribution in [0.1, 0.15) is 44.9 Å². The van der Waals surface area contributed by atoms with Crippen LogP contribution in [0.2, 0.25) is 0 Å². The molecular formula is C30H28N4O4S. The van der Waals surface area contributed by atoms with Crippen LogP contribution < -0.4 is 19.6 Å². The minimum absolute atomic E-state index is 0.202. The fourth-order valence-corrected chi connectivity index (χ4v) is 5.86. The Balaban J connectivity index is 1.71. The van der Waals surface area contributed by atoms with E-state index in [1.54, 1.807) is 25.3 Å². The first-order valence-electron chi connectivity index (χ1n) is 12.7. The Morgan fingerprint density at radius 3 is 2.64 bits per heavy atom. The number of para-hydroxylation sites is 1. The smallest absolute Gasteiger partial charge is 0.338 e. The third-order valence-electron chi connectivity index (χ3n) is 6.44. The van der Waals surface area contributed by atoms with Crippen LogP contribution in [-0.4, -0.2) is 27.8 Å². The molecule has 0 saturated carbocycles. The average Bonchev–Trinajstić information content (AvgIpc) is 3.40. The molecular weight excluding hydrogens is 512 g/mol. The molecule has 0 spiro atoms. The maximum Gasteiger partial charge on any atom is 0.338 e. The minimum atomic E-state index is -0.703. The number of nitrogens with zero attached hydrogens (tertiary/aromatic N) is 4. The Hall–Kier alpha value is -4.42. The summed E-state index contributed by atoms with van der Waals surface area (Å²) in [4.78, 5) is 32.4. The summed E-state index contributed by atoms with van der Waals surface area (Å²) in [5.41, 5.74) is 3.09. The van der Waals surface area contributed by atoms with Crippen molar-refractivity contribution in [2.75, 3.05) is 6.61 Å². The normalized spacial score (nSPS) is 15.3. The fraction of sp³-hybridized carbons (Fsp3) is 0.267. The van der Waals surface area contributed by atoms with Gasteiger partial charge < -0.3 is 14.0 Å². The van der Waals surface area contributed by atoms with Crippen molar-refractivity contribution in [1.29, 1.82) is 5.26 Å². The zero-order chi connectivity index (χ0) is 27.7. The van der Waals surface area contributed by atoms with Crippen LogP contribution in [0.15, 0.2) is 75.8 Å². The van der Waals surface area contributed by atoms with Crippen molar-refractivity contribution < 1.29 is 14.3 Å². The highest BCUT2D eigenvalue weighted by Gasteiger charge is 2.33. The van der Waals surface area contributed by atoms with Crippen LogP contribution in [0.4, 0.5) is 0 Å². The monoisotopic (exact) mass is 540 g/mol. The second-order valence-corrected chi connectivity index (χ2v) is 10.4. The second kappa shape index (κ2) is 10.8. The number of rotatable bonds is 7. The van der Waals surface area contributed by atoms with Gasteiger partial charge in [0.15, 0.2) is 4.80 Å². The highest BCUT2D eigenvalue weighted by molar-refractivity contribution is 7.07. The number of hydrogen-bond acceptors (Lipinski definition) is 7. The number of allylic oxidation sites excluding steroid dienone is 1. The van der Waals surface area contributed by atoms with Gasteiger partial charge in [0.2, 0.25) is 0 Å². The number of carbonyl (C=O) groups is 1. The molecule has 1 aliphatic heterocycles. The number of carbonyl (C=O) groups excluding carboxylic acids is 1. The van der Waals surface area contributed by atoms with Crippen molar-refractivity contribution in [1.82, 2.24) is 9.13 Å². The molecule has 5 rings (SSSR count). The van der Waals surface area contributed by atoms with Crippen LogP contribution in [0, 0.1) is 11.3 Å². The summed E-state index contributed by atoms with van der Waals surface area (Å²) in [7, 11) is 0. The van der Waals surface area contributed by atoms with Crippen molar-refractivity contribution in [2.24, 2.45) is 4.99 Å². The zero-order valence-electron chi connectivity index (χ0n) is 22.2. The predicted octanol–water partition coefficient (Wildman–Crippen LogP) is 4.06. The lowest BCUT2D eigenvalue weighted by molar-refractivity contribution is -0.143. The van der Waals surface area contributed by atoms with Gasteiger partial charge in [0.25, 0.3) is 5.56 Å². The van der Waals surface area contributed by atoms with Gasteiger partial charge in [0.1, 0.15) is 12.3 Å². The van der Waals surface area contributed by atoms with Gasteiger partial charge in [0, 0.05) is 22.7 Å². The van der Waals surface area contributed by atoms with Gasteiger partial charge in [-0.05, 0) is 57.5 Å². The van der Waals surface area contributed by atoms with Gasteiger partial charge in [-0.2, -0.15) is 5.26 Å². The summed E-state index contributed by atoms with van der Waals surface area (Å²) in [5.74, 6) is 0.202. The highest BCUT2D eigenvalue weighted by atomic mass is 32.1. The zero-order valence-corrected chi connectivity index (χ0v) is 23.0. The van der Waals surface area contributed by atoms with Crippen molar-refractivity contribution in [3.05, 3.63) is 96.8 Å². The molecule has 198 valence electrons. The Kier molecular flexibility index (Phi) is 7.22. The Morgan fingerprint density at radius 2 is 1.95 bits per heavy atom. The molecule has 1 atom stereocenters. The van der Waals surface area contributed by atoms with E-state index in [1.165, 1.54) is 11.3 Å². The lowest BCUT2D eigenvalue weighted by atomic mass is 9.96. The predicted molar refractivity (Wildman–Crippen MR) is 150 cm³/mol. The molecule has 0 saturated heterocycles. The van der Waals surface area contributed by atoms with Crippen LogP contribution in [0.3, 0.4) is 0 Å². The highest BCUT2D eigenvalue weighted by Crippen LogP contribution is 2.32. The molecule has 0 amide bonds. The van der Waals surface area contributed by atoms with E-state index in [1.807, 2.05) is 72.3 Å². The number of ether oxygens (including phenoxy) is 2. The number of nitriles is 1. The number of esters is 1. The van der Waals surface area contributed by atoms with Crippen LogP contribution >= 0.6 is 11.3 Å². The summed E-state index contributed by atoms with van der Waals surface area (Å²) in [6.45, 7) is 7.99. The van der Waals surface area contributed by atoms with Gasteiger partial charge in [0.05, 0.1) is 40.6 Å². The van der Waals surface area contributed by atoms with Gasteiger partial charge in [-0.1, -0.05) is 41.7 Å². The Bertz CT molecular complexity index is 1820. The summed E-state index contributed by atoms with van der Waals surface area (Å²) >= 11 is 1.27. The molecule has 3 heterocycles. The van der Waals surface area contributed by atoms with Gasteiger partial charge in [-0.15, -0.1) is 0 Å². The number of fused-ring (bicyclic) bond motifs is 2. The summed E-state index contributed by atoms with van der Waals surface area (Å²) in [5, 5.41) is 10.2. The van der Waals surface area contributed by atoms with Crippen molar-refractivity contribution >= 4 is 34.3 Å². The Labute approximate surface area is 229 Å². The van der Waals surface area contributed by atoms with E-state index < -0.39 is 12.0 Å². The van der Waals surface area contributed by atoms with E-state index in [4.69, 9.17) is 9.47 Å². The van der Waals surface area contributed by atoms with E-state index in [0.29, 0.717) is 33.0 Å². The van der Waals surface area contributed by atoms with Gasteiger partial charge in [-0.25, -0.2) is 9.79 Å². The third kappa shape index (κ3) is 4.91. The van der Waals surface area contributed by atoms with Gasteiger partial charge in [-0.3, -0.25) is 9.36 Å². The molecule has 8 nitrogen and oxygen atoms in total. The standard InChI is InChI=1S/C30H28N4O4S/c1-5-37-22-12-10-20(11-13-22)27-26(29(36)38-18(2)3)19(4)32-30-34(27)28(35)25(39-30)16-21-17-33(15-14-31)24-9-7-6-8-23(21)24/h6-13,16-18,27H,5,15H2,1-4H3/b25-16+/t27-/m1/s1. The van der Waals surface area contributed by atoms with Crippen molar-refractivity contribution in [2.45, 2.75) is 46.4 Å². The third-order valence-corrected chi connectivity index (χ3v) is 7.42. The molecule has 1 aliphatic rings. The first kappa shape index (κ1) is 26.2. The topological polar surface area (TPSA) is 98.6 Å². The number of aromatic nitrogens is 2. The van der Waals surface area contributed by atoms with E-state index in [0.717, 1.165) is 22.0 Å². The Morgan fingerprint density at radius 1 is 1.21 bits per heavy atom. The molecule has 0 unspecified atom stereocenters. The average molecular weight is 541 g/mol. The number of thiazole rings is 1. The molecule has 4 aromatic rings. The molecule has 2 aromatic carbocycles. The summed E-state index contributed by atoms with van der Waals surface area (Å²) < 4.78 is 15.1. The molecule has 0 fully saturated rings. The van der Waals surface area contributed by atoms with Crippen LogP contribution in [-0.2, 0) is 16.1 Å². The first-order valence-corrected chi connectivity index (χ1v) is 13.5. The van der Waals surface area contributed by atoms with Crippen molar-refractivity contribution in [3.8, 4) is 11.8 Å². The second-order valence-electron chi connectivity index (χ2n) is 9.43. The van der Waals surface area contributed by atoms with E-state index in [9.17, 15) is 14.9 Å². The molecule has 9 heteroatoms. The first-order chi connectivity index (χ1) is 18.8. The lowest BCUT2D eigenvalue weighted by Crippen LogP contribution is -2.40. The van der Waals surface area contributed by atoms with Gasteiger partial charge >= 0.3 is 5.97 Å². The largest absolute Gasteiger partial charge is 0.494 e. The maximum absolute atomic E-state index is 14.0. The van der Waals surface area contributed by atoms with Crippen LogP contribution in [0.5, 0.6) is 5.75 Å². The quantitative estimate of drug-likeness (QED) is 0.329. The fourth-order valence-electron chi connectivity index (χ4n) is 4.83. The van der Waals surface area contributed by atoms with Crippen LogP contribution in [0.25, 0.3) is 17.0 Å². The minimum Gasteiger partial charge on any atom is -0.494 e. The lowest BCUT2D eigenvalue weighted by Gasteiger charge is -2.25. The van der Waals surface area contributed by atoms with E-state index >= 15 is 0 Å². The number of hydrogen-bond donors (Lipinski definition) is 0. The van der Waals surface area contributed by atoms with E-state index in [2.05, 4.69) is 11.1 Å².